The molecule has 12 heteroatoms. The number of ether oxygens (including phenoxy) is 1. The normalized spacial score (nSPS) is 23.9. The Hall–Kier alpha value is -4.71. The number of morpholine rings is 1. The first-order valence-corrected chi connectivity index (χ1v) is 14.7. The maximum Gasteiger partial charge on any atom is 0.289 e. The Kier molecular flexibility index (Phi) is 9.29. The van der Waals surface area contributed by atoms with Gasteiger partial charge in [-0.15, -0.1) is 0 Å². The van der Waals surface area contributed by atoms with Crippen molar-refractivity contribution < 1.29 is 33.1 Å². The van der Waals surface area contributed by atoms with Crippen molar-refractivity contribution in [1.82, 2.24) is 25.8 Å². The Labute approximate surface area is 255 Å². The Bertz CT molecular complexity index is 1500. The van der Waals surface area contributed by atoms with E-state index in [1.54, 1.807) is 26.0 Å². The highest BCUT2D eigenvalue weighted by atomic mass is 16.5. The molecule has 3 N–H and O–H groups in total. The number of likely N-dealkylation sites (N-methyl/N-ethyl adjacent to an activating group) is 1. The third kappa shape index (κ3) is 7.08. The highest BCUT2D eigenvalue weighted by Gasteiger charge is 2.38. The molecule has 0 radical (unpaired) electrons. The summed E-state index contributed by atoms with van der Waals surface area (Å²) in [7, 11) is 1.47. The highest BCUT2D eigenvalue weighted by molar-refractivity contribution is 5.97. The van der Waals surface area contributed by atoms with Crippen molar-refractivity contribution in [2.45, 2.75) is 44.6 Å². The zero-order chi connectivity index (χ0) is 31.4. The van der Waals surface area contributed by atoms with Crippen LogP contribution in [0.4, 0.5) is 0 Å². The summed E-state index contributed by atoms with van der Waals surface area (Å²) >= 11 is 0. The third-order valence-electron chi connectivity index (χ3n) is 7.81. The quantitative estimate of drug-likeness (QED) is 0.404. The van der Waals surface area contributed by atoms with E-state index in [4.69, 9.17) is 9.15 Å². The molecule has 2 saturated heterocycles. The number of hydrogen-bond acceptors (Lipinski definition) is 7. The summed E-state index contributed by atoms with van der Waals surface area (Å²) in [5, 5.41) is 9.10. The standard InChI is InChI=1S/C32H37N5O7/c1-19(2)28-30(40)33-15-22-16-37(32(42)25-14-21-11-7-8-12-24(21)44-25)17-26(43-22)29(39)34-23(13-20-9-5-4-6-10-20)31(41)36(3)18-27(38)35-28/h4-12,14,19,22-23,26,28H,13,15-18H2,1-3H3,(H,33,40)(H,34,39)(H,35,38)/t22-,23+,26+,28-/m0/s1. The lowest BCUT2D eigenvalue weighted by Gasteiger charge is -2.37. The fourth-order valence-electron chi connectivity index (χ4n) is 5.46. The topological polar surface area (TPSA) is 150 Å². The number of rotatable bonds is 4. The van der Waals surface area contributed by atoms with Crippen LogP contribution in [0.25, 0.3) is 11.0 Å². The van der Waals surface area contributed by atoms with Crippen LogP contribution in [0.2, 0.25) is 0 Å². The monoisotopic (exact) mass is 603 g/mol. The summed E-state index contributed by atoms with van der Waals surface area (Å²) in [6.45, 7) is 3.26. The predicted octanol–water partition coefficient (Wildman–Crippen LogP) is 1.10. The number of nitrogens with one attached hydrogen (secondary N) is 3. The van der Waals surface area contributed by atoms with Gasteiger partial charge in [-0.2, -0.15) is 0 Å². The fraction of sp³-hybridized carbons (Fsp3) is 0.406. The number of nitrogens with zero attached hydrogens (tertiary/aromatic N) is 2. The first kappa shape index (κ1) is 30.7. The smallest absolute Gasteiger partial charge is 0.289 e. The minimum Gasteiger partial charge on any atom is -0.451 e. The van der Waals surface area contributed by atoms with Crippen molar-refractivity contribution in [3.63, 3.8) is 0 Å². The van der Waals surface area contributed by atoms with Gasteiger partial charge in [-0.1, -0.05) is 62.4 Å². The van der Waals surface area contributed by atoms with Crippen molar-refractivity contribution in [2.24, 2.45) is 5.92 Å². The number of carbonyl (C=O) groups excluding carboxylic acids is 5. The van der Waals surface area contributed by atoms with Crippen LogP contribution in [0.15, 0.2) is 65.1 Å². The van der Waals surface area contributed by atoms with E-state index in [0.717, 1.165) is 10.9 Å². The van der Waals surface area contributed by atoms with Crippen molar-refractivity contribution in [3.05, 3.63) is 72.0 Å². The molecule has 1 aromatic heterocycles. The van der Waals surface area contributed by atoms with Gasteiger partial charge >= 0.3 is 0 Å². The molecule has 44 heavy (non-hydrogen) atoms. The van der Waals surface area contributed by atoms with Gasteiger partial charge in [0.25, 0.3) is 11.8 Å². The lowest BCUT2D eigenvalue weighted by atomic mass is 10.0. The van der Waals surface area contributed by atoms with Gasteiger partial charge in [0, 0.05) is 31.9 Å². The molecule has 2 fully saturated rings. The molecule has 0 unspecified atom stereocenters. The zero-order valence-corrected chi connectivity index (χ0v) is 24.9. The maximum absolute atomic E-state index is 13.7. The van der Waals surface area contributed by atoms with Crippen molar-refractivity contribution in [3.8, 4) is 0 Å². The summed E-state index contributed by atoms with van der Waals surface area (Å²) in [6, 6.07) is 16.2. The number of amides is 5. The fourth-order valence-corrected chi connectivity index (χ4v) is 5.46. The van der Waals surface area contributed by atoms with Crippen molar-refractivity contribution in [2.75, 3.05) is 33.2 Å². The molecule has 232 valence electrons. The molecule has 5 amide bonds. The summed E-state index contributed by atoms with van der Waals surface area (Å²) in [6.07, 6.45) is -1.72. The number of furan rings is 1. The summed E-state index contributed by atoms with van der Waals surface area (Å²) in [5.41, 5.74) is 1.36. The van der Waals surface area contributed by atoms with Gasteiger partial charge < -0.3 is 34.9 Å². The second-order valence-corrected chi connectivity index (χ2v) is 11.6. The largest absolute Gasteiger partial charge is 0.451 e. The van der Waals surface area contributed by atoms with E-state index in [2.05, 4.69) is 16.0 Å². The highest BCUT2D eigenvalue weighted by Crippen LogP contribution is 2.22. The van der Waals surface area contributed by atoms with Crippen LogP contribution in [-0.4, -0.2) is 96.9 Å². The second kappa shape index (κ2) is 13.3. The van der Waals surface area contributed by atoms with Gasteiger partial charge in [0.15, 0.2) is 11.9 Å². The number of para-hydroxylation sites is 1. The second-order valence-electron chi connectivity index (χ2n) is 11.6. The SMILES string of the molecule is CC(C)[C@@H]1NC(=O)CN(C)C(=O)[C@@H](Cc2ccccc2)NC(=O)[C@H]2CN(C(=O)c3cc4ccccc4o3)C[C@H](CNC1=O)O2. The molecule has 2 aliphatic heterocycles. The van der Waals surface area contributed by atoms with Gasteiger partial charge in [0.05, 0.1) is 19.2 Å². The summed E-state index contributed by atoms with van der Waals surface area (Å²) < 4.78 is 11.9. The van der Waals surface area contributed by atoms with E-state index < -0.39 is 53.8 Å². The molecule has 4 atom stereocenters. The van der Waals surface area contributed by atoms with E-state index in [9.17, 15) is 24.0 Å². The zero-order valence-electron chi connectivity index (χ0n) is 24.9. The average Bonchev–Trinajstić information content (AvgIpc) is 3.45. The third-order valence-corrected chi connectivity index (χ3v) is 7.81. The number of carbonyl (C=O) groups is 5. The first-order chi connectivity index (χ1) is 21.1. The molecular weight excluding hydrogens is 566 g/mol. The van der Waals surface area contributed by atoms with Crippen molar-refractivity contribution >= 4 is 40.5 Å². The summed E-state index contributed by atoms with van der Waals surface area (Å²) in [5.74, 6) is -2.60. The van der Waals surface area contributed by atoms with E-state index in [0.29, 0.717) is 5.58 Å². The van der Waals surface area contributed by atoms with Crippen LogP contribution in [0.3, 0.4) is 0 Å². The van der Waals surface area contributed by atoms with Gasteiger partial charge in [0.1, 0.15) is 17.7 Å². The molecule has 0 aliphatic carbocycles. The van der Waals surface area contributed by atoms with Crippen LogP contribution < -0.4 is 16.0 Å². The van der Waals surface area contributed by atoms with Gasteiger partial charge in [-0.3, -0.25) is 24.0 Å². The molecule has 0 spiro atoms. The van der Waals surface area contributed by atoms with E-state index >= 15 is 0 Å². The average molecular weight is 604 g/mol. The van der Waals surface area contributed by atoms with E-state index in [1.165, 1.54) is 16.8 Å². The van der Waals surface area contributed by atoms with E-state index in [-0.39, 0.29) is 44.3 Å². The Morgan fingerprint density at radius 1 is 0.955 bits per heavy atom. The molecule has 2 aliphatic rings. The van der Waals surface area contributed by atoms with Gasteiger partial charge in [-0.25, -0.2) is 0 Å². The predicted molar refractivity (Wildman–Crippen MR) is 160 cm³/mol. The van der Waals surface area contributed by atoms with Crippen LogP contribution in [-0.2, 0) is 30.3 Å². The molecule has 2 bridgehead atoms. The molecular formula is C32H37N5O7. The molecule has 2 aromatic carbocycles. The molecule has 3 aromatic rings. The maximum atomic E-state index is 13.7. The van der Waals surface area contributed by atoms with Crippen LogP contribution in [0.1, 0.15) is 30.0 Å². The van der Waals surface area contributed by atoms with Crippen molar-refractivity contribution in [1.29, 1.82) is 0 Å². The van der Waals surface area contributed by atoms with Gasteiger partial charge in [-0.05, 0) is 23.6 Å². The summed E-state index contributed by atoms with van der Waals surface area (Å²) in [4.78, 5) is 69.7. The van der Waals surface area contributed by atoms with E-state index in [1.807, 2.05) is 48.5 Å². The minimum atomic E-state index is -1.14. The van der Waals surface area contributed by atoms with Crippen LogP contribution in [0.5, 0.6) is 0 Å². The minimum absolute atomic E-state index is 0.0160. The molecule has 5 rings (SSSR count). The molecule has 12 nitrogen and oxygen atoms in total. The van der Waals surface area contributed by atoms with Gasteiger partial charge in [0.2, 0.25) is 17.7 Å². The molecule has 3 heterocycles. The number of fused-ring (bicyclic) bond motifs is 3. The van der Waals surface area contributed by atoms with Crippen LogP contribution >= 0.6 is 0 Å². The Morgan fingerprint density at radius 3 is 2.41 bits per heavy atom. The Morgan fingerprint density at radius 2 is 1.68 bits per heavy atom. The molecule has 0 saturated carbocycles. The number of benzene rings is 2. The Balaban J connectivity index is 1.45. The van der Waals surface area contributed by atoms with Crippen LogP contribution in [0, 0.1) is 5.92 Å². The number of hydrogen-bond donors (Lipinski definition) is 3. The lowest BCUT2D eigenvalue weighted by molar-refractivity contribution is -0.148. The first-order valence-electron chi connectivity index (χ1n) is 14.7. The lowest BCUT2D eigenvalue weighted by Crippen LogP contribution is -2.59.